The van der Waals surface area contributed by atoms with E-state index in [0.717, 1.165) is 44.7 Å². The summed E-state index contributed by atoms with van der Waals surface area (Å²) in [5.74, 6) is 1.95. The van der Waals surface area contributed by atoms with Crippen molar-refractivity contribution in [3.05, 3.63) is 0 Å². The zero-order valence-electron chi connectivity index (χ0n) is 9.84. The third-order valence-corrected chi connectivity index (χ3v) is 3.92. The fourth-order valence-corrected chi connectivity index (χ4v) is 2.51. The Morgan fingerprint density at radius 2 is 1.87 bits per heavy atom. The maximum Gasteiger partial charge on any atom is 0.225 e. The van der Waals surface area contributed by atoms with Crippen LogP contribution in [0.5, 0.6) is 0 Å². The number of hydrogen-bond acceptors (Lipinski definition) is 1. The van der Waals surface area contributed by atoms with Crippen molar-refractivity contribution in [2.24, 2.45) is 11.8 Å². The molecule has 0 aromatic carbocycles. The molecule has 0 unspecified atom stereocenters. The average Bonchev–Trinajstić information content (AvgIpc) is 2.30. The van der Waals surface area contributed by atoms with E-state index in [-0.39, 0.29) is 5.92 Å². The van der Waals surface area contributed by atoms with Gasteiger partial charge in [0.15, 0.2) is 0 Å². The lowest BCUT2D eigenvalue weighted by Crippen LogP contribution is -2.41. The quantitative estimate of drug-likeness (QED) is 0.682. The molecule has 1 heterocycles. The number of likely N-dealkylation sites (tertiary alicyclic amines) is 1. The van der Waals surface area contributed by atoms with Crippen LogP contribution in [0.25, 0.3) is 0 Å². The largest absolute Gasteiger partial charge is 0.342 e. The van der Waals surface area contributed by atoms with Gasteiger partial charge in [-0.15, -0.1) is 11.6 Å². The van der Waals surface area contributed by atoms with Crippen molar-refractivity contribution >= 4 is 17.5 Å². The molecule has 1 saturated heterocycles. The minimum Gasteiger partial charge on any atom is -0.342 e. The van der Waals surface area contributed by atoms with E-state index in [2.05, 4.69) is 13.8 Å². The number of rotatable bonds is 4. The molecule has 0 N–H and O–H groups in total. The molecular weight excluding hydrogens is 210 g/mol. The number of carbonyl (C=O) groups is 1. The summed E-state index contributed by atoms with van der Waals surface area (Å²) in [6.45, 7) is 6.01. The topological polar surface area (TPSA) is 20.3 Å². The van der Waals surface area contributed by atoms with E-state index in [1.807, 2.05) is 4.90 Å². The summed E-state index contributed by atoms with van der Waals surface area (Å²) in [6.07, 6.45) is 4.08. The molecule has 0 bridgehead atoms. The molecule has 1 amide bonds. The monoisotopic (exact) mass is 231 g/mol. The van der Waals surface area contributed by atoms with Crippen molar-refractivity contribution < 1.29 is 4.79 Å². The second-order valence-electron chi connectivity index (χ2n) is 4.44. The van der Waals surface area contributed by atoms with Gasteiger partial charge in [0, 0.05) is 24.9 Å². The Labute approximate surface area is 98.0 Å². The van der Waals surface area contributed by atoms with E-state index in [9.17, 15) is 4.79 Å². The zero-order chi connectivity index (χ0) is 11.3. The molecule has 0 aromatic heterocycles. The van der Waals surface area contributed by atoms with Crippen LogP contribution in [-0.4, -0.2) is 29.8 Å². The summed E-state index contributed by atoms with van der Waals surface area (Å²) in [6, 6.07) is 0. The van der Waals surface area contributed by atoms with E-state index in [1.54, 1.807) is 0 Å². The summed E-state index contributed by atoms with van der Waals surface area (Å²) < 4.78 is 0. The highest BCUT2D eigenvalue weighted by Gasteiger charge is 2.25. The Kier molecular flexibility index (Phi) is 5.44. The molecule has 88 valence electrons. The molecular formula is C12H22ClNO. The van der Waals surface area contributed by atoms with E-state index in [4.69, 9.17) is 11.6 Å². The highest BCUT2D eigenvalue weighted by Crippen LogP contribution is 2.21. The lowest BCUT2D eigenvalue weighted by molar-refractivity contribution is -0.137. The van der Waals surface area contributed by atoms with Crippen molar-refractivity contribution in [2.75, 3.05) is 19.0 Å². The third-order valence-electron chi connectivity index (χ3n) is 3.48. The minimum absolute atomic E-state index is 0.234. The van der Waals surface area contributed by atoms with Gasteiger partial charge in [0.2, 0.25) is 5.91 Å². The summed E-state index contributed by atoms with van der Waals surface area (Å²) in [5.41, 5.74) is 0. The standard InChI is InChI=1S/C12H22ClNO/c1-3-11(4-2)12(15)14-7-5-10(9-13)6-8-14/h10-11H,3-9H2,1-2H3. The van der Waals surface area contributed by atoms with Crippen LogP contribution < -0.4 is 0 Å². The first kappa shape index (κ1) is 12.8. The van der Waals surface area contributed by atoms with Gasteiger partial charge in [-0.05, 0) is 31.6 Å². The predicted octanol–water partition coefficient (Wildman–Crippen LogP) is 2.90. The molecule has 1 aliphatic heterocycles. The second kappa shape index (κ2) is 6.37. The van der Waals surface area contributed by atoms with Crippen LogP contribution in [0.3, 0.4) is 0 Å². The zero-order valence-corrected chi connectivity index (χ0v) is 10.6. The minimum atomic E-state index is 0.234. The number of alkyl halides is 1. The highest BCUT2D eigenvalue weighted by atomic mass is 35.5. The molecule has 0 atom stereocenters. The molecule has 1 aliphatic rings. The average molecular weight is 232 g/mol. The van der Waals surface area contributed by atoms with Gasteiger partial charge in [0.1, 0.15) is 0 Å². The second-order valence-corrected chi connectivity index (χ2v) is 4.74. The molecule has 0 radical (unpaired) electrons. The number of nitrogens with zero attached hydrogens (tertiary/aromatic N) is 1. The van der Waals surface area contributed by atoms with Crippen LogP contribution in [0.1, 0.15) is 39.5 Å². The van der Waals surface area contributed by atoms with Crippen LogP contribution in [0, 0.1) is 11.8 Å². The van der Waals surface area contributed by atoms with Gasteiger partial charge in [-0.1, -0.05) is 13.8 Å². The van der Waals surface area contributed by atoms with E-state index in [0.29, 0.717) is 11.8 Å². The van der Waals surface area contributed by atoms with Gasteiger partial charge in [0.05, 0.1) is 0 Å². The number of carbonyl (C=O) groups excluding carboxylic acids is 1. The van der Waals surface area contributed by atoms with Gasteiger partial charge in [-0.2, -0.15) is 0 Å². The number of hydrogen-bond donors (Lipinski definition) is 0. The van der Waals surface area contributed by atoms with Crippen LogP contribution in [0.2, 0.25) is 0 Å². The summed E-state index contributed by atoms with van der Waals surface area (Å²) in [5, 5.41) is 0. The first-order valence-corrected chi connectivity index (χ1v) is 6.61. The van der Waals surface area contributed by atoms with Gasteiger partial charge in [-0.3, -0.25) is 4.79 Å². The number of halogens is 1. The van der Waals surface area contributed by atoms with Crippen LogP contribution >= 0.6 is 11.6 Å². The Morgan fingerprint density at radius 1 is 1.33 bits per heavy atom. The Morgan fingerprint density at radius 3 is 2.27 bits per heavy atom. The van der Waals surface area contributed by atoms with Crippen molar-refractivity contribution in [1.29, 1.82) is 0 Å². The van der Waals surface area contributed by atoms with Gasteiger partial charge < -0.3 is 4.90 Å². The van der Waals surface area contributed by atoms with E-state index in [1.165, 1.54) is 0 Å². The number of piperidine rings is 1. The fraction of sp³-hybridized carbons (Fsp3) is 0.917. The summed E-state index contributed by atoms with van der Waals surface area (Å²) >= 11 is 5.82. The summed E-state index contributed by atoms with van der Waals surface area (Å²) in [4.78, 5) is 14.1. The predicted molar refractivity (Wildman–Crippen MR) is 64.1 cm³/mol. The van der Waals surface area contributed by atoms with E-state index < -0.39 is 0 Å². The highest BCUT2D eigenvalue weighted by molar-refractivity contribution is 6.18. The first-order chi connectivity index (χ1) is 7.22. The molecule has 0 spiro atoms. The van der Waals surface area contributed by atoms with Crippen LogP contribution in [0.15, 0.2) is 0 Å². The van der Waals surface area contributed by atoms with Crippen molar-refractivity contribution in [3.63, 3.8) is 0 Å². The Balaban J connectivity index is 2.42. The third kappa shape index (κ3) is 3.37. The Bertz CT molecular complexity index is 196. The normalized spacial score (nSPS) is 18.5. The fourth-order valence-electron chi connectivity index (χ4n) is 2.20. The maximum absolute atomic E-state index is 12.0. The number of amides is 1. The molecule has 3 heteroatoms. The van der Waals surface area contributed by atoms with Gasteiger partial charge in [-0.25, -0.2) is 0 Å². The summed E-state index contributed by atoms with van der Waals surface area (Å²) in [7, 11) is 0. The van der Waals surface area contributed by atoms with Gasteiger partial charge >= 0.3 is 0 Å². The SMILES string of the molecule is CCC(CC)C(=O)N1CCC(CCl)CC1. The van der Waals surface area contributed by atoms with Gasteiger partial charge in [0.25, 0.3) is 0 Å². The van der Waals surface area contributed by atoms with Crippen LogP contribution in [0.4, 0.5) is 0 Å². The lowest BCUT2D eigenvalue weighted by atomic mass is 9.96. The molecule has 0 aliphatic carbocycles. The van der Waals surface area contributed by atoms with Crippen molar-refractivity contribution in [3.8, 4) is 0 Å². The van der Waals surface area contributed by atoms with Crippen molar-refractivity contribution in [1.82, 2.24) is 4.90 Å². The maximum atomic E-state index is 12.0. The molecule has 2 nitrogen and oxygen atoms in total. The smallest absolute Gasteiger partial charge is 0.225 e. The molecule has 1 fully saturated rings. The molecule has 0 saturated carbocycles. The van der Waals surface area contributed by atoms with Crippen LogP contribution in [-0.2, 0) is 4.79 Å². The Hall–Kier alpha value is -0.240. The van der Waals surface area contributed by atoms with Crippen molar-refractivity contribution in [2.45, 2.75) is 39.5 Å². The van der Waals surface area contributed by atoms with E-state index >= 15 is 0 Å². The first-order valence-electron chi connectivity index (χ1n) is 6.07. The molecule has 15 heavy (non-hydrogen) atoms. The molecule has 1 rings (SSSR count). The molecule has 0 aromatic rings. The lowest BCUT2D eigenvalue weighted by Gasteiger charge is -2.33.